The lowest BCUT2D eigenvalue weighted by Crippen LogP contribution is -2.16. The molecule has 0 radical (unpaired) electrons. The minimum atomic E-state index is -4.43. The minimum Gasteiger partial charge on any atom is -0.382 e. The fraction of sp³-hybridized carbons (Fsp3) is 1.00. The number of phosphoric acid groups is 1. The SMILES string of the molecule is COC(C)CCOC(S)COP(=O)(O)O. The molecule has 0 aliphatic rings. The standard InChI is InChI=1S/C7H17O6PS/c1-6(11-2)3-4-12-7(15)5-13-14(8,9)10/h6-7,15H,3-5H2,1-2H3,(H2,8,9,10). The third-order valence-corrected chi connectivity index (χ3v) is 2.41. The molecular weight excluding hydrogens is 243 g/mol. The van der Waals surface area contributed by atoms with Crippen LogP contribution in [0.4, 0.5) is 0 Å². The van der Waals surface area contributed by atoms with E-state index in [9.17, 15) is 4.57 Å². The molecule has 6 nitrogen and oxygen atoms in total. The monoisotopic (exact) mass is 260 g/mol. The molecule has 0 saturated heterocycles. The van der Waals surface area contributed by atoms with E-state index in [1.807, 2.05) is 6.92 Å². The first-order chi connectivity index (χ1) is 6.85. The highest BCUT2D eigenvalue weighted by molar-refractivity contribution is 7.80. The quantitative estimate of drug-likeness (QED) is 0.340. The summed E-state index contributed by atoms with van der Waals surface area (Å²) in [5, 5.41) is 0. The number of methoxy groups -OCH3 is 1. The molecule has 0 aromatic rings. The Kier molecular flexibility index (Phi) is 7.81. The third kappa shape index (κ3) is 10.7. The number of ether oxygens (including phenoxy) is 2. The average Bonchev–Trinajstić information content (AvgIpc) is 2.13. The van der Waals surface area contributed by atoms with Crippen molar-refractivity contribution >= 4 is 20.5 Å². The molecule has 0 fully saturated rings. The van der Waals surface area contributed by atoms with Gasteiger partial charge in [0.05, 0.1) is 19.3 Å². The van der Waals surface area contributed by atoms with E-state index in [-0.39, 0.29) is 12.7 Å². The summed E-state index contributed by atoms with van der Waals surface area (Å²) in [6.07, 6.45) is 0.761. The Bertz CT molecular complexity index is 208. The summed E-state index contributed by atoms with van der Waals surface area (Å²) in [6.45, 7) is 2.03. The largest absolute Gasteiger partial charge is 0.469 e. The van der Waals surface area contributed by atoms with E-state index in [1.165, 1.54) is 0 Å². The van der Waals surface area contributed by atoms with Gasteiger partial charge in [0.1, 0.15) is 5.44 Å². The second-order valence-corrected chi connectivity index (χ2v) is 4.76. The molecule has 0 spiro atoms. The Balaban J connectivity index is 3.49. The fourth-order valence-electron chi connectivity index (χ4n) is 0.697. The van der Waals surface area contributed by atoms with Crippen molar-refractivity contribution in [2.24, 2.45) is 0 Å². The predicted molar refractivity (Wildman–Crippen MR) is 57.8 cm³/mol. The van der Waals surface area contributed by atoms with E-state index in [1.54, 1.807) is 7.11 Å². The fourth-order valence-corrected chi connectivity index (χ4v) is 1.32. The number of thiol groups is 1. The van der Waals surface area contributed by atoms with Gasteiger partial charge in [0, 0.05) is 7.11 Å². The number of phosphoric ester groups is 1. The third-order valence-electron chi connectivity index (χ3n) is 1.62. The van der Waals surface area contributed by atoms with Gasteiger partial charge in [-0.05, 0) is 13.3 Å². The van der Waals surface area contributed by atoms with Crippen molar-refractivity contribution in [1.29, 1.82) is 0 Å². The van der Waals surface area contributed by atoms with Crippen LogP contribution in [-0.4, -0.2) is 41.7 Å². The van der Waals surface area contributed by atoms with E-state index >= 15 is 0 Å². The van der Waals surface area contributed by atoms with Crippen LogP contribution in [0.3, 0.4) is 0 Å². The molecule has 0 aliphatic heterocycles. The second kappa shape index (κ2) is 7.62. The number of hydrogen-bond donors (Lipinski definition) is 3. The van der Waals surface area contributed by atoms with Crippen LogP contribution in [0.5, 0.6) is 0 Å². The van der Waals surface area contributed by atoms with Crippen LogP contribution in [0.1, 0.15) is 13.3 Å². The molecule has 0 aromatic carbocycles. The Labute approximate surface area is 94.6 Å². The summed E-state index contributed by atoms with van der Waals surface area (Å²) in [5.74, 6) is 0. The van der Waals surface area contributed by atoms with Gasteiger partial charge in [-0.3, -0.25) is 4.52 Å². The molecule has 0 aliphatic carbocycles. The van der Waals surface area contributed by atoms with Crippen molar-refractivity contribution in [1.82, 2.24) is 0 Å². The molecule has 0 heterocycles. The van der Waals surface area contributed by atoms with Crippen LogP contribution in [-0.2, 0) is 18.6 Å². The summed E-state index contributed by atoms with van der Waals surface area (Å²) in [4.78, 5) is 16.8. The van der Waals surface area contributed by atoms with E-state index in [0.29, 0.717) is 13.0 Å². The minimum absolute atomic E-state index is 0.0771. The van der Waals surface area contributed by atoms with Crippen molar-refractivity contribution in [2.45, 2.75) is 24.9 Å². The second-order valence-electron chi connectivity index (χ2n) is 2.95. The molecule has 0 saturated carbocycles. The van der Waals surface area contributed by atoms with Crippen LogP contribution in [0.2, 0.25) is 0 Å². The summed E-state index contributed by atoms with van der Waals surface area (Å²) >= 11 is 3.94. The van der Waals surface area contributed by atoms with E-state index < -0.39 is 13.3 Å². The van der Waals surface area contributed by atoms with Crippen LogP contribution in [0.15, 0.2) is 0 Å². The van der Waals surface area contributed by atoms with Gasteiger partial charge in [0.2, 0.25) is 0 Å². The van der Waals surface area contributed by atoms with Gasteiger partial charge in [0.25, 0.3) is 0 Å². The molecule has 92 valence electrons. The van der Waals surface area contributed by atoms with Crippen LogP contribution < -0.4 is 0 Å². The van der Waals surface area contributed by atoms with Crippen molar-refractivity contribution in [3.63, 3.8) is 0 Å². The van der Waals surface area contributed by atoms with E-state index in [2.05, 4.69) is 17.2 Å². The summed E-state index contributed by atoms with van der Waals surface area (Å²) in [6, 6.07) is 0. The summed E-state index contributed by atoms with van der Waals surface area (Å²) in [5.41, 5.74) is -0.651. The lowest BCUT2D eigenvalue weighted by molar-refractivity contribution is 0.0331. The molecule has 2 N–H and O–H groups in total. The normalized spacial score (nSPS) is 16.3. The molecule has 0 rings (SSSR count). The molecule has 0 aromatic heterocycles. The highest BCUT2D eigenvalue weighted by Crippen LogP contribution is 2.36. The Morgan fingerprint density at radius 1 is 1.47 bits per heavy atom. The van der Waals surface area contributed by atoms with E-state index in [0.717, 1.165) is 0 Å². The molecule has 2 atom stereocenters. The highest BCUT2D eigenvalue weighted by Gasteiger charge is 2.16. The zero-order chi connectivity index (χ0) is 11.9. The molecular formula is C7H17O6PS. The number of rotatable bonds is 8. The van der Waals surface area contributed by atoms with Gasteiger partial charge in [-0.25, -0.2) is 4.57 Å². The van der Waals surface area contributed by atoms with Crippen LogP contribution >= 0.6 is 20.5 Å². The zero-order valence-corrected chi connectivity index (χ0v) is 10.5. The van der Waals surface area contributed by atoms with Crippen LogP contribution in [0, 0.1) is 0 Å². The molecule has 15 heavy (non-hydrogen) atoms. The average molecular weight is 260 g/mol. The van der Waals surface area contributed by atoms with Crippen molar-refractivity contribution in [3.8, 4) is 0 Å². The zero-order valence-electron chi connectivity index (χ0n) is 8.70. The van der Waals surface area contributed by atoms with Crippen molar-refractivity contribution < 1.29 is 28.3 Å². The summed E-state index contributed by atoms with van der Waals surface area (Å²) in [7, 11) is -2.83. The van der Waals surface area contributed by atoms with E-state index in [4.69, 9.17) is 19.3 Å². The van der Waals surface area contributed by atoms with Crippen LogP contribution in [0.25, 0.3) is 0 Å². The molecule has 0 bridgehead atoms. The first-order valence-electron chi connectivity index (χ1n) is 4.37. The molecule has 2 unspecified atom stereocenters. The topological polar surface area (TPSA) is 85.2 Å². The Morgan fingerprint density at radius 2 is 2.07 bits per heavy atom. The number of hydrogen-bond acceptors (Lipinski definition) is 5. The van der Waals surface area contributed by atoms with Gasteiger partial charge < -0.3 is 19.3 Å². The van der Waals surface area contributed by atoms with Gasteiger partial charge >= 0.3 is 7.82 Å². The highest BCUT2D eigenvalue weighted by atomic mass is 32.1. The lowest BCUT2D eigenvalue weighted by Gasteiger charge is -2.14. The van der Waals surface area contributed by atoms with Gasteiger partial charge in [0.15, 0.2) is 0 Å². The Hall–Kier alpha value is 0.380. The van der Waals surface area contributed by atoms with Gasteiger partial charge in [-0.15, -0.1) is 12.6 Å². The van der Waals surface area contributed by atoms with Gasteiger partial charge in [-0.2, -0.15) is 0 Å². The molecule has 8 heteroatoms. The van der Waals surface area contributed by atoms with Gasteiger partial charge in [-0.1, -0.05) is 0 Å². The first-order valence-corrected chi connectivity index (χ1v) is 6.42. The van der Waals surface area contributed by atoms with Crippen molar-refractivity contribution in [3.05, 3.63) is 0 Å². The smallest absolute Gasteiger partial charge is 0.382 e. The maximum absolute atomic E-state index is 10.3. The van der Waals surface area contributed by atoms with Crippen molar-refractivity contribution in [2.75, 3.05) is 20.3 Å². The lowest BCUT2D eigenvalue weighted by atomic mass is 10.3. The first kappa shape index (κ1) is 15.4. The predicted octanol–water partition coefficient (Wildman–Crippen LogP) is 0.793. The molecule has 0 amide bonds. The Morgan fingerprint density at radius 3 is 2.53 bits per heavy atom. The maximum atomic E-state index is 10.3. The summed E-state index contributed by atoms with van der Waals surface area (Å²) < 4.78 is 24.6. The maximum Gasteiger partial charge on any atom is 0.469 e.